The molecule has 0 spiro atoms. The minimum atomic E-state index is 0.874. The molecule has 0 aliphatic rings. The van der Waals surface area contributed by atoms with Crippen molar-refractivity contribution in [2.45, 2.75) is 0 Å². The van der Waals surface area contributed by atoms with Gasteiger partial charge in [-0.3, -0.25) is 0 Å². The summed E-state index contributed by atoms with van der Waals surface area (Å²) in [6.07, 6.45) is 0. The Bertz CT molecular complexity index is 3110. The average molecular weight is 658 g/mol. The number of benzene rings is 8. The summed E-state index contributed by atoms with van der Waals surface area (Å²) in [5.41, 5.74) is 9.08. The molecule has 0 amide bonds. The SMILES string of the molecule is c1ccc2cc3c(cc2c1)oc1cccc(-c2ccc(N(c4ccc5c(c4)oc4ccccc45)c4ccc5sc6ccccc6c5c4)cc2)c13. The first kappa shape index (κ1) is 27.6. The van der Waals surface area contributed by atoms with E-state index in [9.17, 15) is 0 Å². The number of nitrogens with zero attached hydrogens (tertiary/aromatic N) is 1. The molecule has 0 radical (unpaired) electrons. The van der Waals surface area contributed by atoms with Crippen molar-refractivity contribution < 1.29 is 8.83 Å². The molecule has 3 aromatic heterocycles. The molecule has 0 aliphatic carbocycles. The molecular formula is C46H27NO2S. The topological polar surface area (TPSA) is 29.5 Å². The lowest BCUT2D eigenvalue weighted by molar-refractivity contribution is 0.669. The van der Waals surface area contributed by atoms with E-state index in [0.717, 1.165) is 72.1 Å². The average Bonchev–Trinajstić information content (AvgIpc) is 3.85. The molecule has 11 aromatic rings. The lowest BCUT2D eigenvalue weighted by atomic mass is 9.98. The summed E-state index contributed by atoms with van der Waals surface area (Å²) >= 11 is 1.84. The van der Waals surface area contributed by atoms with Crippen LogP contribution in [0, 0.1) is 0 Å². The fourth-order valence-corrected chi connectivity index (χ4v) is 8.78. The molecule has 0 unspecified atom stereocenters. The number of furan rings is 2. The van der Waals surface area contributed by atoms with Crippen LogP contribution in [0.2, 0.25) is 0 Å². The fraction of sp³-hybridized carbons (Fsp3) is 0. The third-order valence-electron chi connectivity index (χ3n) is 10.0. The van der Waals surface area contributed by atoms with E-state index in [0.29, 0.717) is 0 Å². The van der Waals surface area contributed by atoms with Crippen LogP contribution in [-0.4, -0.2) is 0 Å². The number of para-hydroxylation sites is 1. The minimum Gasteiger partial charge on any atom is -0.456 e. The van der Waals surface area contributed by atoms with Crippen molar-refractivity contribution in [3.63, 3.8) is 0 Å². The molecule has 11 rings (SSSR count). The zero-order valence-corrected chi connectivity index (χ0v) is 27.6. The fourth-order valence-electron chi connectivity index (χ4n) is 7.70. The zero-order valence-electron chi connectivity index (χ0n) is 26.8. The normalized spacial score (nSPS) is 12.0. The highest BCUT2D eigenvalue weighted by atomic mass is 32.1. The van der Waals surface area contributed by atoms with Crippen LogP contribution in [0.1, 0.15) is 0 Å². The molecule has 0 bridgehead atoms. The molecule has 8 aromatic carbocycles. The quantitative estimate of drug-likeness (QED) is 0.189. The highest BCUT2D eigenvalue weighted by Crippen LogP contribution is 2.44. The number of anilines is 3. The van der Waals surface area contributed by atoms with Gasteiger partial charge in [-0.25, -0.2) is 0 Å². The van der Waals surface area contributed by atoms with E-state index in [1.807, 2.05) is 23.5 Å². The lowest BCUT2D eigenvalue weighted by Gasteiger charge is -2.26. The summed E-state index contributed by atoms with van der Waals surface area (Å²) in [6, 6.07) is 58.4. The number of thiophene rings is 1. The molecule has 0 N–H and O–H groups in total. The van der Waals surface area contributed by atoms with Crippen molar-refractivity contribution in [1.82, 2.24) is 0 Å². The van der Waals surface area contributed by atoms with Crippen molar-refractivity contribution in [3.05, 3.63) is 164 Å². The first-order valence-electron chi connectivity index (χ1n) is 16.8. The van der Waals surface area contributed by atoms with Crippen LogP contribution in [0.15, 0.2) is 173 Å². The molecule has 234 valence electrons. The molecule has 3 nitrogen and oxygen atoms in total. The van der Waals surface area contributed by atoms with Gasteiger partial charge in [0.2, 0.25) is 0 Å². The van der Waals surface area contributed by atoms with Gasteiger partial charge in [0.15, 0.2) is 0 Å². The van der Waals surface area contributed by atoms with Crippen molar-refractivity contribution in [3.8, 4) is 11.1 Å². The Morgan fingerprint density at radius 3 is 1.92 bits per heavy atom. The van der Waals surface area contributed by atoms with Gasteiger partial charge in [0, 0.05) is 64.8 Å². The molecule has 0 atom stereocenters. The van der Waals surface area contributed by atoms with Crippen LogP contribution < -0.4 is 4.90 Å². The number of hydrogen-bond donors (Lipinski definition) is 0. The molecule has 3 heterocycles. The van der Waals surface area contributed by atoms with E-state index in [1.165, 1.54) is 30.9 Å². The van der Waals surface area contributed by atoms with E-state index in [1.54, 1.807) is 0 Å². The third kappa shape index (κ3) is 4.16. The van der Waals surface area contributed by atoms with Crippen LogP contribution in [0.4, 0.5) is 17.1 Å². The summed E-state index contributed by atoms with van der Waals surface area (Å²) in [4.78, 5) is 2.34. The first-order chi connectivity index (χ1) is 24.7. The van der Waals surface area contributed by atoms with Crippen molar-refractivity contribution in [2.24, 2.45) is 0 Å². The second kappa shape index (κ2) is 10.6. The second-order valence-electron chi connectivity index (χ2n) is 12.9. The molecule has 0 saturated heterocycles. The Kier molecular flexibility index (Phi) is 5.83. The lowest BCUT2D eigenvalue weighted by Crippen LogP contribution is -2.09. The Labute approximate surface area is 290 Å². The number of fused-ring (bicyclic) bond motifs is 10. The summed E-state index contributed by atoms with van der Waals surface area (Å²) < 4.78 is 15.4. The Morgan fingerprint density at radius 1 is 0.380 bits per heavy atom. The van der Waals surface area contributed by atoms with Gasteiger partial charge in [0.25, 0.3) is 0 Å². The van der Waals surface area contributed by atoms with E-state index in [-0.39, 0.29) is 0 Å². The van der Waals surface area contributed by atoms with Crippen molar-refractivity contribution in [2.75, 3.05) is 4.90 Å². The maximum absolute atomic E-state index is 6.40. The van der Waals surface area contributed by atoms with Crippen LogP contribution in [0.5, 0.6) is 0 Å². The largest absolute Gasteiger partial charge is 0.456 e. The molecule has 0 saturated carbocycles. The van der Waals surface area contributed by atoms with E-state index < -0.39 is 0 Å². The van der Waals surface area contributed by atoms with Gasteiger partial charge in [-0.05, 0) is 94.7 Å². The molecule has 4 heteroatoms. The van der Waals surface area contributed by atoms with Gasteiger partial charge >= 0.3 is 0 Å². The second-order valence-corrected chi connectivity index (χ2v) is 14.0. The Hall–Kier alpha value is -6.36. The van der Waals surface area contributed by atoms with Crippen molar-refractivity contribution in [1.29, 1.82) is 0 Å². The number of rotatable bonds is 4. The monoisotopic (exact) mass is 657 g/mol. The van der Waals surface area contributed by atoms with Gasteiger partial charge < -0.3 is 13.7 Å². The van der Waals surface area contributed by atoms with Crippen molar-refractivity contribution >= 4 is 103 Å². The predicted molar refractivity (Wildman–Crippen MR) is 212 cm³/mol. The van der Waals surface area contributed by atoms with Crippen LogP contribution in [0.25, 0.3) is 85.9 Å². The predicted octanol–water partition coefficient (Wildman–Crippen LogP) is 14.1. The maximum atomic E-state index is 6.40. The van der Waals surface area contributed by atoms with E-state index >= 15 is 0 Å². The third-order valence-corrected chi connectivity index (χ3v) is 11.2. The standard InChI is InChI=1S/C46H27NO2S/c1-2-9-30-25-42-39(24-29(30)8-1)46-34(12-7-14-41(46)49-42)28-16-18-31(19-17-28)47(32-21-23-45-38(26-32)37-11-4-6-15-44(37)50-45)33-20-22-36-35-10-3-5-13-40(35)48-43(36)27-33/h1-27H. The number of hydrogen-bond acceptors (Lipinski definition) is 4. The summed E-state index contributed by atoms with van der Waals surface area (Å²) in [5.74, 6) is 0. The smallest absolute Gasteiger partial charge is 0.137 e. The highest BCUT2D eigenvalue weighted by molar-refractivity contribution is 7.25. The van der Waals surface area contributed by atoms with E-state index in [2.05, 4.69) is 157 Å². The molecule has 0 aliphatic heterocycles. The Balaban J connectivity index is 1.08. The van der Waals surface area contributed by atoms with Crippen LogP contribution in [-0.2, 0) is 0 Å². The van der Waals surface area contributed by atoms with Gasteiger partial charge in [0.1, 0.15) is 22.3 Å². The van der Waals surface area contributed by atoms with Gasteiger partial charge in [-0.1, -0.05) is 84.9 Å². The van der Waals surface area contributed by atoms with E-state index in [4.69, 9.17) is 8.83 Å². The van der Waals surface area contributed by atoms with Crippen LogP contribution in [0.3, 0.4) is 0 Å². The highest BCUT2D eigenvalue weighted by Gasteiger charge is 2.19. The van der Waals surface area contributed by atoms with Gasteiger partial charge in [0.05, 0.1) is 0 Å². The summed E-state index contributed by atoms with van der Waals surface area (Å²) in [6.45, 7) is 0. The summed E-state index contributed by atoms with van der Waals surface area (Å²) in [7, 11) is 0. The summed E-state index contributed by atoms with van der Waals surface area (Å²) in [5, 5.41) is 9.46. The molecule has 50 heavy (non-hydrogen) atoms. The Morgan fingerprint density at radius 2 is 1.02 bits per heavy atom. The van der Waals surface area contributed by atoms with Gasteiger partial charge in [-0.2, -0.15) is 0 Å². The maximum Gasteiger partial charge on any atom is 0.137 e. The molecule has 0 fully saturated rings. The van der Waals surface area contributed by atoms with Crippen LogP contribution >= 0.6 is 11.3 Å². The molecular weight excluding hydrogens is 631 g/mol. The first-order valence-corrected chi connectivity index (χ1v) is 17.6. The zero-order chi connectivity index (χ0) is 32.8. The van der Waals surface area contributed by atoms with Gasteiger partial charge in [-0.15, -0.1) is 11.3 Å². The minimum absolute atomic E-state index is 0.874.